The fourth-order valence-electron chi connectivity index (χ4n) is 3.32. The summed E-state index contributed by atoms with van der Waals surface area (Å²) < 4.78 is 16.1. The first-order valence-corrected chi connectivity index (χ1v) is 9.49. The number of methoxy groups -OCH3 is 3. The number of imidazole rings is 1. The van der Waals surface area contributed by atoms with Crippen molar-refractivity contribution in [3.05, 3.63) is 47.8 Å². The van der Waals surface area contributed by atoms with Crippen LogP contribution in [0.25, 0.3) is 11.0 Å². The first-order valence-electron chi connectivity index (χ1n) is 9.49. The Kier molecular flexibility index (Phi) is 6.26. The molecular formula is C22H27N3O4. The number of nitrogens with one attached hydrogen (secondary N) is 2. The number of nitrogens with zero attached hydrogens (tertiary/aromatic N) is 1. The van der Waals surface area contributed by atoms with Crippen LogP contribution in [0.3, 0.4) is 0 Å². The molecule has 0 spiro atoms. The van der Waals surface area contributed by atoms with Gasteiger partial charge in [0.2, 0.25) is 11.7 Å². The Hall–Kier alpha value is -3.22. The quantitative estimate of drug-likeness (QED) is 0.606. The molecule has 0 radical (unpaired) electrons. The molecule has 1 aromatic heterocycles. The number of hydrogen-bond donors (Lipinski definition) is 2. The lowest BCUT2D eigenvalue weighted by Gasteiger charge is -2.21. The van der Waals surface area contributed by atoms with Crippen LogP contribution in [0.1, 0.15) is 31.3 Å². The van der Waals surface area contributed by atoms with E-state index in [1.54, 1.807) is 33.5 Å². The maximum atomic E-state index is 12.8. The third kappa shape index (κ3) is 4.45. The highest BCUT2D eigenvalue weighted by molar-refractivity contribution is 5.80. The zero-order valence-corrected chi connectivity index (χ0v) is 17.4. The Morgan fingerprint density at radius 3 is 2.28 bits per heavy atom. The van der Waals surface area contributed by atoms with Crippen LogP contribution in [0.5, 0.6) is 17.2 Å². The minimum Gasteiger partial charge on any atom is -0.493 e. The van der Waals surface area contributed by atoms with Crippen LogP contribution in [-0.2, 0) is 11.2 Å². The van der Waals surface area contributed by atoms with E-state index in [2.05, 4.69) is 29.1 Å². The third-order valence-electron chi connectivity index (χ3n) is 4.77. The molecule has 3 rings (SSSR count). The van der Waals surface area contributed by atoms with Gasteiger partial charge in [0.05, 0.1) is 44.8 Å². The van der Waals surface area contributed by atoms with E-state index < -0.39 is 0 Å². The van der Waals surface area contributed by atoms with E-state index in [-0.39, 0.29) is 24.3 Å². The molecule has 1 amide bonds. The van der Waals surface area contributed by atoms with E-state index in [1.807, 2.05) is 24.3 Å². The van der Waals surface area contributed by atoms with Crippen molar-refractivity contribution < 1.29 is 19.0 Å². The third-order valence-corrected chi connectivity index (χ3v) is 4.77. The van der Waals surface area contributed by atoms with Crippen molar-refractivity contribution in [1.82, 2.24) is 15.3 Å². The number of hydrogen-bond acceptors (Lipinski definition) is 5. The average molecular weight is 397 g/mol. The van der Waals surface area contributed by atoms with E-state index in [0.29, 0.717) is 17.2 Å². The summed E-state index contributed by atoms with van der Waals surface area (Å²) in [6.45, 7) is 4.11. The lowest BCUT2D eigenvalue weighted by atomic mass is 10.0. The molecule has 7 heteroatoms. The van der Waals surface area contributed by atoms with E-state index in [0.717, 1.165) is 22.4 Å². The normalized spacial score (nSPS) is 12.1. The Morgan fingerprint density at radius 1 is 1.07 bits per heavy atom. The van der Waals surface area contributed by atoms with Gasteiger partial charge >= 0.3 is 0 Å². The molecule has 3 aromatic rings. The lowest BCUT2D eigenvalue weighted by molar-refractivity contribution is -0.121. The van der Waals surface area contributed by atoms with E-state index >= 15 is 0 Å². The van der Waals surface area contributed by atoms with Gasteiger partial charge in [-0.25, -0.2) is 4.98 Å². The van der Waals surface area contributed by atoms with Crippen molar-refractivity contribution in [1.29, 1.82) is 0 Å². The zero-order valence-electron chi connectivity index (χ0n) is 17.4. The highest BCUT2D eigenvalue weighted by atomic mass is 16.5. The van der Waals surface area contributed by atoms with E-state index in [9.17, 15) is 4.79 Å². The minimum atomic E-state index is -0.225. The van der Waals surface area contributed by atoms with Crippen LogP contribution in [-0.4, -0.2) is 37.2 Å². The summed E-state index contributed by atoms with van der Waals surface area (Å²) in [6.07, 6.45) is 0.181. The highest BCUT2D eigenvalue weighted by Gasteiger charge is 2.22. The Morgan fingerprint density at radius 2 is 1.72 bits per heavy atom. The number of rotatable bonds is 8. The monoisotopic (exact) mass is 397 g/mol. The number of para-hydroxylation sites is 2. The molecule has 2 N–H and O–H groups in total. The van der Waals surface area contributed by atoms with Gasteiger partial charge in [-0.3, -0.25) is 4.79 Å². The molecular weight excluding hydrogens is 370 g/mol. The summed E-state index contributed by atoms with van der Waals surface area (Å²) in [5.74, 6) is 2.35. The molecule has 1 unspecified atom stereocenters. The molecule has 0 saturated carbocycles. The maximum absolute atomic E-state index is 12.8. The number of H-pyrrole nitrogens is 1. The summed E-state index contributed by atoms with van der Waals surface area (Å²) in [4.78, 5) is 20.8. The summed E-state index contributed by atoms with van der Waals surface area (Å²) in [7, 11) is 4.66. The second kappa shape index (κ2) is 8.86. The first-order chi connectivity index (χ1) is 14.0. The fraction of sp³-hybridized carbons (Fsp3) is 0.364. The van der Waals surface area contributed by atoms with Gasteiger partial charge in [0.25, 0.3) is 0 Å². The predicted octanol–water partition coefficient (Wildman–Crippen LogP) is 3.64. The largest absolute Gasteiger partial charge is 0.493 e. The molecule has 0 fully saturated rings. The number of ether oxygens (including phenoxy) is 3. The summed E-state index contributed by atoms with van der Waals surface area (Å²) in [6, 6.07) is 11.2. The molecule has 0 aliphatic rings. The van der Waals surface area contributed by atoms with Gasteiger partial charge in [0.15, 0.2) is 11.5 Å². The summed E-state index contributed by atoms with van der Waals surface area (Å²) in [5, 5.41) is 3.10. The van der Waals surface area contributed by atoms with Crippen molar-refractivity contribution in [2.45, 2.75) is 26.3 Å². The van der Waals surface area contributed by atoms with Crippen LogP contribution in [0.2, 0.25) is 0 Å². The molecule has 154 valence electrons. The molecule has 0 aliphatic carbocycles. The number of aromatic amines is 1. The van der Waals surface area contributed by atoms with Gasteiger partial charge in [-0.05, 0) is 35.7 Å². The van der Waals surface area contributed by atoms with Crippen molar-refractivity contribution in [2.24, 2.45) is 5.92 Å². The Balaban J connectivity index is 1.80. The lowest BCUT2D eigenvalue weighted by Crippen LogP contribution is -2.33. The van der Waals surface area contributed by atoms with Crippen LogP contribution in [0, 0.1) is 5.92 Å². The highest BCUT2D eigenvalue weighted by Crippen LogP contribution is 2.38. The average Bonchev–Trinajstić information content (AvgIpc) is 3.14. The second-order valence-electron chi connectivity index (χ2n) is 7.14. The Bertz CT molecular complexity index is 939. The molecule has 0 saturated heterocycles. The van der Waals surface area contributed by atoms with Crippen molar-refractivity contribution in [3.63, 3.8) is 0 Å². The van der Waals surface area contributed by atoms with E-state index in [1.165, 1.54) is 0 Å². The molecule has 7 nitrogen and oxygen atoms in total. The number of amides is 1. The number of benzene rings is 2. The number of carbonyl (C=O) groups is 1. The molecule has 0 bridgehead atoms. The van der Waals surface area contributed by atoms with Crippen molar-refractivity contribution >= 4 is 16.9 Å². The Labute approximate surface area is 170 Å². The number of fused-ring (bicyclic) bond motifs is 1. The molecule has 2 aromatic carbocycles. The molecule has 1 heterocycles. The van der Waals surface area contributed by atoms with Crippen LogP contribution in [0.15, 0.2) is 36.4 Å². The van der Waals surface area contributed by atoms with Gasteiger partial charge in [-0.1, -0.05) is 26.0 Å². The molecule has 0 aliphatic heterocycles. The van der Waals surface area contributed by atoms with Gasteiger partial charge in [-0.2, -0.15) is 0 Å². The minimum absolute atomic E-state index is 0.113. The summed E-state index contributed by atoms with van der Waals surface area (Å²) >= 11 is 0. The zero-order chi connectivity index (χ0) is 21.0. The van der Waals surface area contributed by atoms with Crippen molar-refractivity contribution in [2.75, 3.05) is 21.3 Å². The standard InChI is InChI=1S/C22H27N3O4/c1-13(2)20(22-23-15-8-6-7-9-16(15)24-22)25-19(26)12-14-10-17(27-3)21(29-5)18(11-14)28-4/h6-11,13,20H,12H2,1-5H3,(H,23,24)(H,25,26). The summed E-state index contributed by atoms with van der Waals surface area (Å²) in [5.41, 5.74) is 2.60. The second-order valence-corrected chi connectivity index (χ2v) is 7.14. The molecule has 1 atom stereocenters. The first kappa shape index (κ1) is 20.5. The van der Waals surface area contributed by atoms with Crippen molar-refractivity contribution in [3.8, 4) is 17.2 Å². The SMILES string of the molecule is COc1cc(CC(=O)NC(c2nc3ccccc3[nH]2)C(C)C)cc(OC)c1OC. The maximum Gasteiger partial charge on any atom is 0.225 e. The van der Waals surface area contributed by atoms with E-state index in [4.69, 9.17) is 14.2 Å². The van der Waals surface area contributed by atoms with Crippen LogP contribution < -0.4 is 19.5 Å². The van der Waals surface area contributed by atoms with Crippen LogP contribution >= 0.6 is 0 Å². The number of carbonyl (C=O) groups excluding carboxylic acids is 1. The smallest absolute Gasteiger partial charge is 0.225 e. The topological polar surface area (TPSA) is 85.5 Å². The molecule has 29 heavy (non-hydrogen) atoms. The van der Waals surface area contributed by atoms with Gasteiger partial charge in [0, 0.05) is 0 Å². The van der Waals surface area contributed by atoms with Gasteiger partial charge in [-0.15, -0.1) is 0 Å². The predicted molar refractivity (Wildman–Crippen MR) is 112 cm³/mol. The van der Waals surface area contributed by atoms with Gasteiger partial charge in [0.1, 0.15) is 5.82 Å². The number of aromatic nitrogens is 2. The fourth-order valence-corrected chi connectivity index (χ4v) is 3.32. The van der Waals surface area contributed by atoms with Gasteiger partial charge < -0.3 is 24.5 Å². The van der Waals surface area contributed by atoms with Crippen LogP contribution in [0.4, 0.5) is 0 Å².